The molecule has 0 aliphatic carbocycles. The normalized spacial score (nSPS) is 19.0. The van der Waals surface area contributed by atoms with Gasteiger partial charge >= 0.3 is 0 Å². The fourth-order valence-electron chi connectivity index (χ4n) is 2.63. The third-order valence-electron chi connectivity index (χ3n) is 3.79. The van der Waals surface area contributed by atoms with E-state index in [1.54, 1.807) is 7.11 Å². The van der Waals surface area contributed by atoms with E-state index in [1.165, 1.54) is 11.3 Å². The third-order valence-corrected chi connectivity index (χ3v) is 4.85. The number of amides is 2. The molecule has 1 aromatic heterocycles. The summed E-state index contributed by atoms with van der Waals surface area (Å²) in [5, 5.41) is 2.92. The largest absolute Gasteiger partial charge is 0.379 e. The van der Waals surface area contributed by atoms with E-state index in [9.17, 15) is 9.59 Å². The highest BCUT2D eigenvalue weighted by atomic mass is 32.1. The van der Waals surface area contributed by atoms with Crippen LogP contribution in [-0.2, 0) is 16.1 Å². The zero-order valence-corrected chi connectivity index (χ0v) is 13.7. The second-order valence-electron chi connectivity index (χ2n) is 5.50. The number of thiophene rings is 1. The number of methoxy groups -OCH3 is 1. The lowest BCUT2D eigenvalue weighted by Crippen LogP contribution is -2.44. The Bertz CT molecular complexity index is 518. The Balaban J connectivity index is 1.73. The van der Waals surface area contributed by atoms with Crippen molar-refractivity contribution in [3.05, 3.63) is 21.9 Å². The molecular formula is C15H23N3O3S. The SMILES string of the molecule is COCc1ccc(C(=O)NCCN2CCCC(C(N)=O)C2)s1. The van der Waals surface area contributed by atoms with Crippen molar-refractivity contribution >= 4 is 23.2 Å². The van der Waals surface area contributed by atoms with Crippen LogP contribution in [0.2, 0.25) is 0 Å². The van der Waals surface area contributed by atoms with E-state index in [1.807, 2.05) is 12.1 Å². The first-order valence-electron chi connectivity index (χ1n) is 7.47. The summed E-state index contributed by atoms with van der Waals surface area (Å²) in [6.07, 6.45) is 1.85. The molecule has 122 valence electrons. The van der Waals surface area contributed by atoms with Gasteiger partial charge in [0.25, 0.3) is 5.91 Å². The summed E-state index contributed by atoms with van der Waals surface area (Å²) in [7, 11) is 1.64. The average Bonchev–Trinajstić information content (AvgIpc) is 2.96. The maximum Gasteiger partial charge on any atom is 0.261 e. The molecule has 1 aliphatic heterocycles. The van der Waals surface area contributed by atoms with Gasteiger partial charge in [0, 0.05) is 31.6 Å². The number of nitrogens with one attached hydrogen (secondary N) is 1. The molecule has 1 aliphatic rings. The van der Waals surface area contributed by atoms with Crippen LogP contribution in [-0.4, -0.2) is 50.0 Å². The monoisotopic (exact) mass is 325 g/mol. The van der Waals surface area contributed by atoms with Gasteiger partial charge in [-0.1, -0.05) is 0 Å². The van der Waals surface area contributed by atoms with Gasteiger partial charge in [0.1, 0.15) is 0 Å². The molecule has 3 N–H and O–H groups in total. The first-order valence-corrected chi connectivity index (χ1v) is 8.29. The molecule has 0 spiro atoms. The molecule has 1 aromatic rings. The second-order valence-corrected chi connectivity index (χ2v) is 6.67. The van der Waals surface area contributed by atoms with Crippen LogP contribution < -0.4 is 11.1 Å². The Morgan fingerprint density at radius 1 is 1.50 bits per heavy atom. The lowest BCUT2D eigenvalue weighted by atomic mass is 9.97. The number of hydrogen-bond donors (Lipinski definition) is 2. The summed E-state index contributed by atoms with van der Waals surface area (Å²) in [4.78, 5) is 27.2. The van der Waals surface area contributed by atoms with Crippen molar-refractivity contribution in [2.24, 2.45) is 11.7 Å². The van der Waals surface area contributed by atoms with Gasteiger partial charge in [-0.3, -0.25) is 9.59 Å². The number of hydrogen-bond acceptors (Lipinski definition) is 5. The smallest absolute Gasteiger partial charge is 0.261 e. The first-order chi connectivity index (χ1) is 10.6. The van der Waals surface area contributed by atoms with Crippen molar-refractivity contribution < 1.29 is 14.3 Å². The molecule has 6 nitrogen and oxygen atoms in total. The van der Waals surface area contributed by atoms with Crippen LogP contribution in [0.15, 0.2) is 12.1 Å². The number of carbonyl (C=O) groups is 2. The fraction of sp³-hybridized carbons (Fsp3) is 0.600. The van der Waals surface area contributed by atoms with Gasteiger partial charge in [0.15, 0.2) is 0 Å². The van der Waals surface area contributed by atoms with Crippen molar-refractivity contribution in [3.8, 4) is 0 Å². The van der Waals surface area contributed by atoms with E-state index in [0.717, 1.165) is 30.8 Å². The molecule has 7 heteroatoms. The highest BCUT2D eigenvalue weighted by Crippen LogP contribution is 2.17. The molecule has 1 fully saturated rings. The third kappa shape index (κ3) is 4.79. The highest BCUT2D eigenvalue weighted by Gasteiger charge is 2.23. The molecule has 1 unspecified atom stereocenters. The molecule has 2 rings (SSSR count). The molecule has 0 saturated carbocycles. The van der Waals surface area contributed by atoms with E-state index in [2.05, 4.69) is 10.2 Å². The predicted molar refractivity (Wildman–Crippen MR) is 85.7 cm³/mol. The molecule has 2 heterocycles. The number of ether oxygens (including phenoxy) is 1. The molecule has 1 saturated heterocycles. The van der Waals surface area contributed by atoms with E-state index in [-0.39, 0.29) is 17.7 Å². The molecular weight excluding hydrogens is 302 g/mol. The molecule has 22 heavy (non-hydrogen) atoms. The van der Waals surface area contributed by atoms with Crippen molar-refractivity contribution in [2.45, 2.75) is 19.4 Å². The van der Waals surface area contributed by atoms with E-state index < -0.39 is 0 Å². The van der Waals surface area contributed by atoms with Crippen LogP contribution in [0.3, 0.4) is 0 Å². The lowest BCUT2D eigenvalue weighted by molar-refractivity contribution is -0.123. The van der Waals surface area contributed by atoms with Crippen molar-refractivity contribution in [2.75, 3.05) is 33.3 Å². The van der Waals surface area contributed by atoms with Gasteiger partial charge in [0.2, 0.25) is 5.91 Å². The van der Waals surface area contributed by atoms with Gasteiger partial charge in [-0.15, -0.1) is 11.3 Å². The van der Waals surface area contributed by atoms with Crippen LogP contribution in [0.25, 0.3) is 0 Å². The van der Waals surface area contributed by atoms with Crippen LogP contribution in [0.5, 0.6) is 0 Å². The number of piperidine rings is 1. The number of carbonyl (C=O) groups excluding carboxylic acids is 2. The second kappa shape index (κ2) is 8.26. The van der Waals surface area contributed by atoms with Crippen LogP contribution in [0, 0.1) is 5.92 Å². The highest BCUT2D eigenvalue weighted by molar-refractivity contribution is 7.14. The summed E-state index contributed by atoms with van der Waals surface area (Å²) in [5.74, 6) is -0.341. The summed E-state index contributed by atoms with van der Waals surface area (Å²) in [5.41, 5.74) is 5.37. The van der Waals surface area contributed by atoms with E-state index in [0.29, 0.717) is 24.6 Å². The van der Waals surface area contributed by atoms with Gasteiger partial charge in [-0.05, 0) is 31.5 Å². The standard InChI is InChI=1S/C15H23N3O3S/c1-21-10-12-4-5-13(22-12)15(20)17-6-8-18-7-2-3-11(9-18)14(16)19/h4-5,11H,2-3,6-10H2,1H3,(H2,16,19)(H,17,20). The maximum absolute atomic E-state index is 12.0. The lowest BCUT2D eigenvalue weighted by Gasteiger charge is -2.30. The van der Waals surface area contributed by atoms with E-state index in [4.69, 9.17) is 10.5 Å². The van der Waals surface area contributed by atoms with Crippen LogP contribution in [0.1, 0.15) is 27.4 Å². The molecule has 0 radical (unpaired) electrons. The van der Waals surface area contributed by atoms with Crippen LogP contribution >= 0.6 is 11.3 Å². The Morgan fingerprint density at radius 2 is 2.32 bits per heavy atom. The summed E-state index contributed by atoms with van der Waals surface area (Å²) in [6.45, 7) is 3.49. The predicted octanol–water partition coefficient (Wildman–Crippen LogP) is 0.822. The Kier molecular flexibility index (Phi) is 6.35. The molecule has 0 aromatic carbocycles. The summed E-state index contributed by atoms with van der Waals surface area (Å²) >= 11 is 1.44. The number of primary amides is 1. The minimum absolute atomic E-state index is 0.0571. The maximum atomic E-state index is 12.0. The molecule has 0 bridgehead atoms. The Morgan fingerprint density at radius 3 is 3.05 bits per heavy atom. The number of nitrogens with zero attached hydrogens (tertiary/aromatic N) is 1. The quantitative estimate of drug-likeness (QED) is 0.777. The average molecular weight is 325 g/mol. The van der Waals surface area contributed by atoms with Gasteiger partial charge in [-0.2, -0.15) is 0 Å². The van der Waals surface area contributed by atoms with Gasteiger partial charge in [-0.25, -0.2) is 0 Å². The summed E-state index contributed by atoms with van der Waals surface area (Å²) < 4.78 is 5.05. The number of likely N-dealkylation sites (tertiary alicyclic amines) is 1. The van der Waals surface area contributed by atoms with Crippen molar-refractivity contribution in [1.29, 1.82) is 0 Å². The van der Waals surface area contributed by atoms with Crippen LogP contribution in [0.4, 0.5) is 0 Å². The first kappa shape index (κ1) is 16.9. The molecule has 1 atom stereocenters. The van der Waals surface area contributed by atoms with Gasteiger partial charge in [0.05, 0.1) is 17.4 Å². The van der Waals surface area contributed by atoms with Crippen molar-refractivity contribution in [1.82, 2.24) is 10.2 Å². The topological polar surface area (TPSA) is 84.7 Å². The molecule has 2 amide bonds. The Labute approximate surface area is 134 Å². The van der Waals surface area contributed by atoms with Gasteiger partial charge < -0.3 is 20.7 Å². The minimum Gasteiger partial charge on any atom is -0.379 e. The zero-order chi connectivity index (χ0) is 15.9. The number of rotatable bonds is 7. The summed E-state index contributed by atoms with van der Waals surface area (Å²) in [6, 6.07) is 3.73. The van der Waals surface area contributed by atoms with Crippen molar-refractivity contribution in [3.63, 3.8) is 0 Å². The minimum atomic E-state index is -0.224. The zero-order valence-electron chi connectivity index (χ0n) is 12.8. The number of nitrogens with two attached hydrogens (primary N) is 1. The fourth-order valence-corrected chi connectivity index (χ4v) is 3.52. The van der Waals surface area contributed by atoms with E-state index >= 15 is 0 Å². The Hall–Kier alpha value is -1.44.